The quantitative estimate of drug-likeness (QED) is 0.0486. The van der Waals surface area contributed by atoms with E-state index in [1.807, 2.05) is 0 Å². The zero-order valence-corrected chi connectivity index (χ0v) is 54.5. The van der Waals surface area contributed by atoms with E-state index in [4.69, 9.17) is 27.1 Å². The lowest BCUT2D eigenvalue weighted by molar-refractivity contribution is 0.00531. The van der Waals surface area contributed by atoms with Crippen molar-refractivity contribution in [2.45, 2.75) is 349 Å². The summed E-state index contributed by atoms with van der Waals surface area (Å²) in [7, 11) is -2.93. The first-order chi connectivity index (χ1) is 38.8. The number of hydrogen-bond acceptors (Lipinski definition) is 6. The van der Waals surface area contributed by atoms with E-state index in [1.165, 1.54) is 255 Å². The van der Waals surface area contributed by atoms with Crippen LogP contribution in [0.5, 0.6) is 11.5 Å². The normalized spacial score (nSPS) is 18.0. The summed E-state index contributed by atoms with van der Waals surface area (Å²) in [5.41, 5.74) is 3.04. The van der Waals surface area contributed by atoms with E-state index >= 15 is 0 Å². The van der Waals surface area contributed by atoms with Crippen molar-refractivity contribution in [1.82, 2.24) is 0 Å². The van der Waals surface area contributed by atoms with Crippen molar-refractivity contribution in [3.8, 4) is 11.5 Å². The third kappa shape index (κ3) is 33.7. The van der Waals surface area contributed by atoms with Crippen LogP contribution in [0.2, 0.25) is 0 Å². The van der Waals surface area contributed by atoms with Crippen LogP contribution in [-0.4, -0.2) is 25.4 Å². The number of aryl methyl sites for hydroxylation is 2. The Balaban J connectivity index is 1.25. The molecule has 0 heterocycles. The maximum Gasteiger partial charge on any atom is 0.463 e. The van der Waals surface area contributed by atoms with E-state index in [1.54, 1.807) is 0 Å². The summed E-state index contributed by atoms with van der Waals surface area (Å²) in [6.45, 7) is 15.8. The van der Waals surface area contributed by atoms with Gasteiger partial charge in [-0.15, -0.1) is 0 Å². The van der Waals surface area contributed by atoms with Crippen LogP contribution in [0.4, 0.5) is 0 Å². The molecule has 0 N–H and O–H groups in total. The van der Waals surface area contributed by atoms with Gasteiger partial charge in [0.05, 0.1) is 25.4 Å². The molecule has 0 aliphatic heterocycles. The monoisotopic (exact) mass is 1140 g/mol. The highest BCUT2D eigenvalue weighted by atomic mass is 31.2. The van der Waals surface area contributed by atoms with Gasteiger partial charge in [-0.2, -0.15) is 0 Å². The fourth-order valence-corrected chi connectivity index (χ4v) is 14.9. The molecule has 0 amide bonds. The first-order valence-electron chi connectivity index (χ1n) is 34.6. The van der Waals surface area contributed by atoms with Gasteiger partial charge in [0.1, 0.15) is 11.5 Å². The van der Waals surface area contributed by atoms with Crippen molar-refractivity contribution in [1.29, 1.82) is 0 Å². The SMILES string of the molecule is CCCCCCCCCCCOP(OCCCCCCCCCCC)OC1CCC(C(C)(C)C2CCC(OP(Oc3ccc(CCCCCCCCCCC)cc3)Oc3ccc(CCCCCCCCCCC)cc3)CC2)CC1. The van der Waals surface area contributed by atoms with Gasteiger partial charge in [-0.1, -0.05) is 271 Å². The molecule has 6 nitrogen and oxygen atoms in total. The second-order valence-electron chi connectivity index (χ2n) is 25.4. The molecule has 8 heteroatoms. The van der Waals surface area contributed by atoms with Gasteiger partial charge < -0.3 is 22.6 Å². The van der Waals surface area contributed by atoms with Crippen molar-refractivity contribution in [3.05, 3.63) is 59.7 Å². The minimum absolute atomic E-state index is 0.129. The maximum atomic E-state index is 6.90. The largest absolute Gasteiger partial charge is 0.463 e. The minimum atomic E-state index is -1.62. The summed E-state index contributed by atoms with van der Waals surface area (Å²) in [6, 6.07) is 17.5. The fraction of sp³-hybridized carbons (Fsp3) is 0.831. The predicted molar refractivity (Wildman–Crippen MR) is 344 cm³/mol. The van der Waals surface area contributed by atoms with Crippen LogP contribution < -0.4 is 9.05 Å². The second kappa shape index (κ2) is 47.0. The molecular formula is C71H126O6P2. The van der Waals surface area contributed by atoms with Gasteiger partial charge in [0.25, 0.3) is 0 Å². The van der Waals surface area contributed by atoms with Crippen molar-refractivity contribution < 1.29 is 27.1 Å². The summed E-state index contributed by atoms with van der Waals surface area (Å²) in [5, 5.41) is 0. The van der Waals surface area contributed by atoms with Crippen LogP contribution in [0.15, 0.2) is 48.5 Å². The first kappa shape index (κ1) is 70.2. The number of benzene rings is 2. The van der Waals surface area contributed by atoms with Crippen LogP contribution in [0.25, 0.3) is 0 Å². The summed E-state index contributed by atoms with van der Waals surface area (Å²) in [4.78, 5) is 0. The van der Waals surface area contributed by atoms with Crippen molar-refractivity contribution >= 4 is 17.2 Å². The Morgan fingerprint density at radius 3 is 0.899 bits per heavy atom. The van der Waals surface area contributed by atoms with E-state index in [2.05, 4.69) is 90.1 Å². The fourth-order valence-electron chi connectivity index (χ4n) is 12.6. The van der Waals surface area contributed by atoms with E-state index in [-0.39, 0.29) is 17.6 Å². The average Bonchev–Trinajstić information content (AvgIpc) is 3.46. The molecule has 0 aromatic heterocycles. The molecule has 2 aliphatic rings. The van der Waals surface area contributed by atoms with E-state index in [0.717, 1.165) is 76.1 Å². The smallest absolute Gasteiger partial charge is 0.418 e. The summed E-state index contributed by atoms with van der Waals surface area (Å²) < 4.78 is 39.9. The summed E-state index contributed by atoms with van der Waals surface area (Å²) in [5.74, 6) is 3.04. The van der Waals surface area contributed by atoms with E-state index in [0.29, 0.717) is 11.8 Å². The highest BCUT2D eigenvalue weighted by molar-refractivity contribution is 7.42. The molecule has 79 heavy (non-hydrogen) atoms. The zero-order chi connectivity index (χ0) is 56.1. The molecule has 4 rings (SSSR count). The first-order valence-corrected chi connectivity index (χ1v) is 36.8. The van der Waals surface area contributed by atoms with Crippen molar-refractivity contribution in [2.24, 2.45) is 17.3 Å². The van der Waals surface area contributed by atoms with E-state index < -0.39 is 17.2 Å². The Morgan fingerprint density at radius 1 is 0.329 bits per heavy atom. The Bertz CT molecular complexity index is 1550. The van der Waals surface area contributed by atoms with Gasteiger partial charge >= 0.3 is 17.2 Å². The van der Waals surface area contributed by atoms with Gasteiger partial charge in [0.15, 0.2) is 0 Å². The maximum absolute atomic E-state index is 6.90. The zero-order valence-electron chi connectivity index (χ0n) is 52.7. The Kier molecular flexibility index (Phi) is 41.8. The number of hydrogen-bond donors (Lipinski definition) is 0. The Labute approximate surface area is 492 Å². The molecule has 2 aliphatic carbocycles. The van der Waals surface area contributed by atoms with Crippen molar-refractivity contribution in [3.63, 3.8) is 0 Å². The molecule has 456 valence electrons. The molecule has 0 unspecified atom stereocenters. The van der Waals surface area contributed by atoms with Crippen LogP contribution in [-0.2, 0) is 30.9 Å². The lowest BCUT2D eigenvalue weighted by Crippen LogP contribution is -2.38. The van der Waals surface area contributed by atoms with Gasteiger partial charge in [-0.3, -0.25) is 4.52 Å². The topological polar surface area (TPSA) is 55.4 Å². The Hall–Kier alpha value is -1.26. The molecule has 0 saturated heterocycles. The molecule has 2 saturated carbocycles. The predicted octanol–water partition coefficient (Wildman–Crippen LogP) is 25.0. The van der Waals surface area contributed by atoms with E-state index in [9.17, 15) is 0 Å². The number of unbranched alkanes of at least 4 members (excludes halogenated alkanes) is 32. The second-order valence-corrected chi connectivity index (χ2v) is 27.6. The summed E-state index contributed by atoms with van der Waals surface area (Å²) in [6.07, 6.45) is 59.9. The molecule has 0 radical (unpaired) electrons. The summed E-state index contributed by atoms with van der Waals surface area (Å²) >= 11 is 0. The average molecular weight is 1140 g/mol. The van der Waals surface area contributed by atoms with Gasteiger partial charge in [0.2, 0.25) is 0 Å². The Morgan fingerprint density at radius 2 is 0.595 bits per heavy atom. The molecule has 0 atom stereocenters. The third-order valence-corrected chi connectivity index (χ3v) is 20.6. The highest BCUT2D eigenvalue weighted by Crippen LogP contribution is 2.53. The highest BCUT2D eigenvalue weighted by Gasteiger charge is 2.42. The molecular weight excluding hydrogens is 1010 g/mol. The molecule has 2 fully saturated rings. The molecule has 2 aromatic carbocycles. The molecule has 2 aromatic rings. The van der Waals surface area contributed by atoms with Crippen LogP contribution in [0, 0.1) is 17.3 Å². The lowest BCUT2D eigenvalue weighted by Gasteiger charge is -2.46. The van der Waals surface area contributed by atoms with Crippen LogP contribution in [0.3, 0.4) is 0 Å². The van der Waals surface area contributed by atoms with Gasteiger partial charge in [-0.05, 0) is 143 Å². The standard InChI is InChI=1S/C71H126O6P2/c1-7-11-15-19-23-27-31-35-39-43-63-45-53-67(54-46-63)75-79(76-68-55-47-64(48-56-68)44-40-36-32-28-24-20-16-12-8-2)77-70-59-51-66(52-60-70)71(5,6)65-49-57-69(58-50-65)74-78(72-61-41-37-33-29-25-21-17-13-9-3)73-62-42-38-34-30-26-22-18-14-10-4/h45-48,53-56,65-66,69-70H,7-44,49-52,57-62H2,1-6H3. The van der Waals surface area contributed by atoms with Gasteiger partial charge in [0, 0.05) is 0 Å². The van der Waals surface area contributed by atoms with Crippen LogP contribution >= 0.6 is 17.2 Å². The molecule has 0 spiro atoms. The third-order valence-electron chi connectivity index (χ3n) is 18.2. The minimum Gasteiger partial charge on any atom is -0.418 e. The number of rotatable bonds is 52. The van der Waals surface area contributed by atoms with Crippen molar-refractivity contribution in [2.75, 3.05) is 13.2 Å². The van der Waals surface area contributed by atoms with Crippen LogP contribution in [0.1, 0.15) is 335 Å². The molecule has 0 bridgehead atoms. The lowest BCUT2D eigenvalue weighted by atomic mass is 9.60. The van der Waals surface area contributed by atoms with Gasteiger partial charge in [-0.25, -0.2) is 0 Å².